The molecule has 0 saturated carbocycles. The number of carbonyl (C=O) groups is 2. The third kappa shape index (κ3) is 3.00. The predicted octanol–water partition coefficient (Wildman–Crippen LogP) is 5.30. The highest BCUT2D eigenvalue weighted by Crippen LogP contribution is 2.54. The number of anilines is 2. The second kappa shape index (κ2) is 8.22. The summed E-state index contributed by atoms with van der Waals surface area (Å²) in [5.41, 5.74) is 0.586. The predicted molar refractivity (Wildman–Crippen MR) is 145 cm³/mol. The van der Waals surface area contributed by atoms with E-state index >= 15 is 0 Å². The summed E-state index contributed by atoms with van der Waals surface area (Å²) in [6.07, 6.45) is 0. The Kier molecular flexibility index (Phi) is 4.94. The van der Waals surface area contributed by atoms with Crippen molar-refractivity contribution in [2.75, 3.05) is 9.80 Å². The van der Waals surface area contributed by atoms with Crippen LogP contribution in [-0.4, -0.2) is 17.0 Å². The van der Waals surface area contributed by atoms with Crippen LogP contribution in [0.5, 0.6) is 0 Å². The molecule has 0 radical (unpaired) electrons. The molecule has 0 saturated heterocycles. The van der Waals surface area contributed by atoms with E-state index in [-0.39, 0.29) is 40.2 Å². The zero-order valence-electron chi connectivity index (χ0n) is 21.8. The first-order valence-corrected chi connectivity index (χ1v) is 12.7. The molecule has 40 heavy (non-hydrogen) atoms. The fourth-order valence-electron chi connectivity index (χ4n) is 5.88. The minimum absolute atomic E-state index is 0.0561. The zero-order chi connectivity index (χ0) is 27.9. The number of nitrogens with zero attached hydrogens (tertiary/aromatic N) is 3. The Bertz CT molecular complexity index is 1980. The number of carbonyl (C=O) groups excluding carboxylic acids is 2. The number of hydrogen-bond donors (Lipinski definition) is 0. The number of para-hydroxylation sites is 1. The van der Waals surface area contributed by atoms with Crippen LogP contribution in [0.15, 0.2) is 80.5 Å². The molecule has 3 aromatic carbocycles. The molecule has 0 fully saturated rings. The summed E-state index contributed by atoms with van der Waals surface area (Å²) < 4.78 is 26.2. The van der Waals surface area contributed by atoms with Crippen LogP contribution >= 0.6 is 0 Å². The first-order valence-electron chi connectivity index (χ1n) is 12.7. The van der Waals surface area contributed by atoms with E-state index in [1.807, 2.05) is 13.8 Å². The van der Waals surface area contributed by atoms with Gasteiger partial charge in [0.05, 0.1) is 23.2 Å². The number of aromatic nitrogens is 1. The molecule has 1 unspecified atom stereocenters. The molecule has 4 heterocycles. The molecule has 1 spiro atoms. The lowest BCUT2D eigenvalue weighted by molar-refractivity contribution is -0.121. The van der Waals surface area contributed by atoms with E-state index in [0.717, 1.165) is 11.1 Å². The van der Waals surface area contributed by atoms with Gasteiger partial charge in [0.25, 0.3) is 11.8 Å². The van der Waals surface area contributed by atoms with Crippen LogP contribution in [0.1, 0.15) is 44.1 Å². The molecule has 2 aliphatic heterocycles. The van der Waals surface area contributed by atoms with Crippen LogP contribution in [0.4, 0.5) is 15.9 Å². The molecule has 2 aromatic heterocycles. The van der Waals surface area contributed by atoms with Crippen molar-refractivity contribution in [1.29, 1.82) is 0 Å². The smallest absolute Gasteiger partial charge is 0.297 e. The summed E-state index contributed by atoms with van der Waals surface area (Å²) in [7, 11) is 0. The van der Waals surface area contributed by atoms with Crippen LogP contribution in [0.3, 0.4) is 0 Å². The molecular formula is C31H22FN3O5. The SMILES string of the molecule is Cc1cc(N2C(=O)c3oc4cc(C)c(C)cc4c(=O)c3C23C(=O)N(Cc2ccccc2F)c2ccccc23)no1. The quantitative estimate of drug-likeness (QED) is 0.311. The van der Waals surface area contributed by atoms with Crippen molar-refractivity contribution in [3.63, 3.8) is 0 Å². The average molecular weight is 536 g/mol. The lowest BCUT2D eigenvalue weighted by atomic mass is 9.83. The number of rotatable bonds is 3. The number of halogens is 1. The monoisotopic (exact) mass is 535 g/mol. The average Bonchev–Trinajstić information content (AvgIpc) is 3.55. The van der Waals surface area contributed by atoms with E-state index in [1.54, 1.807) is 61.5 Å². The van der Waals surface area contributed by atoms with E-state index in [1.165, 1.54) is 21.9 Å². The molecule has 0 aliphatic carbocycles. The maximum absolute atomic E-state index is 14.8. The minimum Gasteiger partial charge on any atom is -0.450 e. The van der Waals surface area contributed by atoms with Gasteiger partial charge in [0.15, 0.2) is 16.8 Å². The Balaban J connectivity index is 1.58. The number of amides is 2. The molecule has 198 valence electrons. The Morgan fingerprint density at radius 2 is 1.65 bits per heavy atom. The van der Waals surface area contributed by atoms with Crippen LogP contribution < -0.4 is 15.2 Å². The highest BCUT2D eigenvalue weighted by molar-refractivity contribution is 6.24. The molecular weight excluding hydrogens is 513 g/mol. The van der Waals surface area contributed by atoms with Crippen molar-refractivity contribution >= 4 is 34.3 Å². The van der Waals surface area contributed by atoms with Gasteiger partial charge < -0.3 is 13.8 Å². The van der Waals surface area contributed by atoms with Crippen molar-refractivity contribution in [1.82, 2.24) is 5.16 Å². The fraction of sp³-hybridized carbons (Fsp3) is 0.161. The summed E-state index contributed by atoms with van der Waals surface area (Å²) in [6.45, 7) is 5.30. The third-order valence-electron chi connectivity index (χ3n) is 7.87. The van der Waals surface area contributed by atoms with Gasteiger partial charge in [-0.3, -0.25) is 19.3 Å². The number of fused-ring (bicyclic) bond motifs is 5. The molecule has 0 bridgehead atoms. The second-order valence-corrected chi connectivity index (χ2v) is 10.2. The molecule has 0 N–H and O–H groups in total. The van der Waals surface area contributed by atoms with Gasteiger partial charge in [-0.15, -0.1) is 0 Å². The van der Waals surface area contributed by atoms with Crippen LogP contribution in [0.2, 0.25) is 0 Å². The van der Waals surface area contributed by atoms with Gasteiger partial charge in [-0.05, 0) is 56.2 Å². The number of aryl methyl sites for hydroxylation is 3. The molecule has 2 amide bonds. The van der Waals surface area contributed by atoms with E-state index in [9.17, 15) is 18.8 Å². The van der Waals surface area contributed by atoms with Crippen molar-refractivity contribution < 1.29 is 22.9 Å². The van der Waals surface area contributed by atoms with Crippen LogP contribution in [0.25, 0.3) is 11.0 Å². The maximum Gasteiger partial charge on any atom is 0.297 e. The normalized spacial score (nSPS) is 17.8. The second-order valence-electron chi connectivity index (χ2n) is 10.2. The van der Waals surface area contributed by atoms with Crippen molar-refractivity contribution in [3.8, 4) is 0 Å². The first-order chi connectivity index (χ1) is 19.2. The molecule has 9 heteroatoms. The molecule has 5 aromatic rings. The van der Waals surface area contributed by atoms with Crippen LogP contribution in [0, 0.1) is 26.6 Å². The molecule has 8 nitrogen and oxygen atoms in total. The summed E-state index contributed by atoms with van der Waals surface area (Å²) in [6, 6.07) is 18.0. The topological polar surface area (TPSA) is 96.9 Å². The Hall–Kier alpha value is -5.05. The van der Waals surface area contributed by atoms with Gasteiger partial charge in [-0.2, -0.15) is 0 Å². The Morgan fingerprint density at radius 1 is 0.925 bits per heavy atom. The molecule has 7 rings (SSSR count). The van der Waals surface area contributed by atoms with E-state index in [0.29, 0.717) is 17.0 Å². The summed E-state index contributed by atoms with van der Waals surface area (Å²) in [5.74, 6) is -1.54. The van der Waals surface area contributed by atoms with Crippen molar-refractivity contribution in [3.05, 3.63) is 122 Å². The lowest BCUT2D eigenvalue weighted by Gasteiger charge is -2.32. The van der Waals surface area contributed by atoms with Crippen molar-refractivity contribution in [2.24, 2.45) is 0 Å². The highest BCUT2D eigenvalue weighted by atomic mass is 19.1. The van der Waals surface area contributed by atoms with Gasteiger partial charge in [-0.25, -0.2) is 4.39 Å². The fourth-order valence-corrected chi connectivity index (χ4v) is 5.88. The van der Waals surface area contributed by atoms with Gasteiger partial charge in [0, 0.05) is 17.2 Å². The van der Waals surface area contributed by atoms with Crippen LogP contribution in [-0.2, 0) is 16.9 Å². The standard InChI is InChI=1S/C31H22FN3O5/c1-16-12-20-24(13-17(16)2)39-28-26(27(20)36)31(35(29(28)37)25-14-18(3)40-33-25)21-9-5-7-11-23(21)34(30(31)38)15-19-8-4-6-10-22(19)32/h4-14H,15H2,1-3H3. The largest absolute Gasteiger partial charge is 0.450 e. The summed E-state index contributed by atoms with van der Waals surface area (Å²) in [4.78, 5) is 45.9. The van der Waals surface area contributed by atoms with Gasteiger partial charge >= 0.3 is 0 Å². The first kappa shape index (κ1) is 24.0. The maximum atomic E-state index is 14.8. The Labute approximate surface area is 227 Å². The van der Waals surface area contributed by atoms with Gasteiger partial charge in [-0.1, -0.05) is 41.6 Å². The summed E-state index contributed by atoms with van der Waals surface area (Å²) >= 11 is 0. The lowest BCUT2D eigenvalue weighted by Crippen LogP contribution is -2.53. The third-order valence-corrected chi connectivity index (χ3v) is 7.87. The Morgan fingerprint density at radius 3 is 2.40 bits per heavy atom. The molecule has 1 atom stereocenters. The van der Waals surface area contributed by atoms with Crippen molar-refractivity contribution in [2.45, 2.75) is 32.9 Å². The molecule has 2 aliphatic rings. The van der Waals surface area contributed by atoms with Gasteiger partial charge in [0.1, 0.15) is 17.2 Å². The highest BCUT2D eigenvalue weighted by Gasteiger charge is 2.66. The van der Waals surface area contributed by atoms with E-state index in [4.69, 9.17) is 8.94 Å². The minimum atomic E-state index is -1.94. The van der Waals surface area contributed by atoms with E-state index < -0.39 is 28.6 Å². The van der Waals surface area contributed by atoms with E-state index in [2.05, 4.69) is 5.16 Å². The zero-order valence-corrected chi connectivity index (χ0v) is 21.8. The van der Waals surface area contributed by atoms with Gasteiger partial charge in [0.2, 0.25) is 5.76 Å². The number of hydrogen-bond acceptors (Lipinski definition) is 6. The summed E-state index contributed by atoms with van der Waals surface area (Å²) in [5, 5.41) is 4.32. The number of benzene rings is 3.